The number of ether oxygens (including phenoxy) is 1. The first kappa shape index (κ1) is 24.9. The fourth-order valence-corrected chi connectivity index (χ4v) is 5.74. The van der Waals surface area contributed by atoms with Crippen LogP contribution < -0.4 is 13.9 Å². The van der Waals surface area contributed by atoms with E-state index in [2.05, 4.69) is 4.90 Å². The number of hydrogen-bond acceptors (Lipinski definition) is 5. The number of hydrogen-bond donors (Lipinski definition) is 0. The Kier molecular flexibility index (Phi) is 7.52. The van der Waals surface area contributed by atoms with E-state index in [1.54, 1.807) is 47.4 Å². The Morgan fingerprint density at radius 3 is 2.37 bits per heavy atom. The van der Waals surface area contributed by atoms with E-state index >= 15 is 0 Å². The molecule has 3 aromatic carbocycles. The minimum absolute atomic E-state index is 0.122. The molecule has 35 heavy (non-hydrogen) atoms. The van der Waals surface area contributed by atoms with E-state index < -0.39 is 10.0 Å². The lowest BCUT2D eigenvalue weighted by Crippen LogP contribution is -2.52. The maximum atomic E-state index is 13.6. The fourth-order valence-electron chi connectivity index (χ4n) is 4.14. The largest absolute Gasteiger partial charge is 0.497 e. The molecular formula is C26H28ClN3O4S. The molecular weight excluding hydrogens is 486 g/mol. The lowest BCUT2D eigenvalue weighted by Gasteiger charge is -2.37. The zero-order chi connectivity index (χ0) is 25.0. The minimum atomic E-state index is -3.97. The summed E-state index contributed by atoms with van der Waals surface area (Å²) in [6.07, 6.45) is 0. The van der Waals surface area contributed by atoms with E-state index in [-0.39, 0.29) is 17.3 Å². The number of aryl methyl sites for hydroxylation is 1. The first-order valence-electron chi connectivity index (χ1n) is 11.3. The van der Waals surface area contributed by atoms with E-state index in [0.717, 1.165) is 15.6 Å². The Morgan fingerprint density at radius 1 is 0.971 bits per heavy atom. The van der Waals surface area contributed by atoms with Crippen LogP contribution in [0.2, 0.25) is 5.02 Å². The van der Waals surface area contributed by atoms with Crippen molar-refractivity contribution in [1.29, 1.82) is 0 Å². The monoisotopic (exact) mass is 513 g/mol. The Labute approximate surface area is 211 Å². The summed E-state index contributed by atoms with van der Waals surface area (Å²) in [6, 6.07) is 20.6. The molecule has 1 amide bonds. The van der Waals surface area contributed by atoms with Gasteiger partial charge in [-0.15, -0.1) is 0 Å². The summed E-state index contributed by atoms with van der Waals surface area (Å²) >= 11 is 6.18. The molecule has 0 saturated carbocycles. The molecule has 1 aliphatic heterocycles. The quantitative estimate of drug-likeness (QED) is 0.473. The maximum absolute atomic E-state index is 13.6. The normalized spacial score (nSPS) is 14.0. The number of rotatable bonds is 7. The molecule has 0 aromatic heterocycles. The van der Waals surface area contributed by atoms with Crippen LogP contribution in [-0.2, 0) is 14.8 Å². The molecule has 0 atom stereocenters. The number of nitrogens with zero attached hydrogens (tertiary/aromatic N) is 3. The summed E-state index contributed by atoms with van der Waals surface area (Å²) in [4.78, 5) is 17.4. The summed E-state index contributed by atoms with van der Waals surface area (Å²) in [7, 11) is -2.46. The first-order valence-corrected chi connectivity index (χ1v) is 13.1. The summed E-state index contributed by atoms with van der Waals surface area (Å²) in [5.41, 5.74) is 2.54. The molecule has 7 nitrogen and oxygen atoms in total. The van der Waals surface area contributed by atoms with Gasteiger partial charge in [0.25, 0.3) is 10.0 Å². The molecule has 9 heteroatoms. The highest BCUT2D eigenvalue weighted by Gasteiger charge is 2.30. The van der Waals surface area contributed by atoms with Gasteiger partial charge in [0.2, 0.25) is 5.91 Å². The third kappa shape index (κ3) is 5.55. The van der Waals surface area contributed by atoms with E-state index in [9.17, 15) is 13.2 Å². The zero-order valence-electron chi connectivity index (χ0n) is 19.7. The Hall–Kier alpha value is -3.23. The molecule has 0 N–H and O–H groups in total. The molecule has 0 spiro atoms. The molecule has 0 unspecified atom stereocenters. The van der Waals surface area contributed by atoms with Crippen molar-refractivity contribution in [2.45, 2.75) is 11.8 Å². The van der Waals surface area contributed by atoms with Gasteiger partial charge in [-0.25, -0.2) is 8.42 Å². The molecule has 184 valence electrons. The smallest absolute Gasteiger partial charge is 0.264 e. The van der Waals surface area contributed by atoms with Crippen molar-refractivity contribution in [2.24, 2.45) is 0 Å². The number of anilines is 2. The molecule has 4 rings (SSSR count). The molecule has 3 aromatic rings. The number of halogens is 1. The van der Waals surface area contributed by atoms with Crippen molar-refractivity contribution in [3.05, 3.63) is 83.4 Å². The van der Waals surface area contributed by atoms with Gasteiger partial charge < -0.3 is 14.5 Å². The molecule has 1 heterocycles. The Balaban J connectivity index is 1.54. The average Bonchev–Trinajstić information content (AvgIpc) is 2.89. The molecule has 1 fully saturated rings. The molecule has 1 aliphatic rings. The number of benzene rings is 3. The average molecular weight is 514 g/mol. The van der Waals surface area contributed by atoms with E-state index in [4.69, 9.17) is 16.3 Å². The van der Waals surface area contributed by atoms with Gasteiger partial charge in [0.1, 0.15) is 12.3 Å². The number of carbonyl (C=O) groups is 1. The van der Waals surface area contributed by atoms with Crippen LogP contribution in [-0.4, -0.2) is 59.1 Å². The van der Waals surface area contributed by atoms with Crippen molar-refractivity contribution in [3.8, 4) is 5.75 Å². The number of methoxy groups -OCH3 is 1. The fraction of sp³-hybridized carbons (Fsp3) is 0.269. The van der Waals surface area contributed by atoms with Gasteiger partial charge in [-0.3, -0.25) is 9.10 Å². The van der Waals surface area contributed by atoms with Crippen LogP contribution in [0.1, 0.15) is 5.56 Å². The second-order valence-electron chi connectivity index (χ2n) is 8.32. The lowest BCUT2D eigenvalue weighted by molar-refractivity contribution is -0.129. The van der Waals surface area contributed by atoms with Crippen molar-refractivity contribution in [1.82, 2.24) is 4.90 Å². The van der Waals surface area contributed by atoms with Gasteiger partial charge in [-0.05, 0) is 48.9 Å². The van der Waals surface area contributed by atoms with E-state index in [0.29, 0.717) is 42.6 Å². The molecule has 0 radical (unpaired) electrons. The third-order valence-corrected chi connectivity index (χ3v) is 8.12. The van der Waals surface area contributed by atoms with Gasteiger partial charge in [-0.2, -0.15) is 0 Å². The number of sulfonamides is 1. The first-order chi connectivity index (χ1) is 16.8. The third-order valence-electron chi connectivity index (χ3n) is 6.10. The van der Waals surface area contributed by atoms with Gasteiger partial charge in [0, 0.05) is 43.0 Å². The van der Waals surface area contributed by atoms with Crippen LogP contribution in [0.3, 0.4) is 0 Å². The Bertz CT molecular complexity index is 1290. The van der Waals surface area contributed by atoms with Crippen molar-refractivity contribution >= 4 is 38.9 Å². The van der Waals surface area contributed by atoms with Crippen LogP contribution in [0.15, 0.2) is 77.7 Å². The lowest BCUT2D eigenvalue weighted by atomic mass is 10.1. The summed E-state index contributed by atoms with van der Waals surface area (Å²) < 4.78 is 33.5. The molecule has 0 bridgehead atoms. The molecule has 0 aliphatic carbocycles. The summed E-state index contributed by atoms with van der Waals surface area (Å²) in [5.74, 6) is 0.253. The van der Waals surface area contributed by atoms with Gasteiger partial charge in [0.05, 0.1) is 17.7 Å². The van der Waals surface area contributed by atoms with Crippen LogP contribution in [0.4, 0.5) is 11.4 Å². The second-order valence-corrected chi connectivity index (χ2v) is 10.6. The topological polar surface area (TPSA) is 70.2 Å². The maximum Gasteiger partial charge on any atom is 0.264 e. The van der Waals surface area contributed by atoms with Crippen molar-refractivity contribution in [2.75, 3.05) is 49.0 Å². The predicted octanol–water partition coefficient (Wildman–Crippen LogP) is 4.20. The van der Waals surface area contributed by atoms with Gasteiger partial charge >= 0.3 is 0 Å². The standard InChI is InChI=1S/C26H28ClN3O4S/c1-20-11-12-21(27)17-25(20)28-13-15-29(16-14-28)26(31)19-30(22-7-6-8-23(18-22)34-2)35(32,33)24-9-4-3-5-10-24/h3-12,17-18H,13-16,19H2,1-2H3. The number of piperazine rings is 1. The zero-order valence-corrected chi connectivity index (χ0v) is 21.3. The van der Waals surface area contributed by atoms with Crippen LogP contribution in [0, 0.1) is 6.92 Å². The number of carbonyl (C=O) groups excluding carboxylic acids is 1. The van der Waals surface area contributed by atoms with E-state index in [1.807, 2.05) is 25.1 Å². The second kappa shape index (κ2) is 10.6. The van der Waals surface area contributed by atoms with Crippen molar-refractivity contribution in [3.63, 3.8) is 0 Å². The van der Waals surface area contributed by atoms with E-state index in [1.165, 1.54) is 19.2 Å². The van der Waals surface area contributed by atoms with Gasteiger partial charge in [-0.1, -0.05) is 41.9 Å². The number of amides is 1. The summed E-state index contributed by atoms with van der Waals surface area (Å²) in [6.45, 7) is 3.98. The van der Waals surface area contributed by atoms with Gasteiger partial charge in [0.15, 0.2) is 0 Å². The highest BCUT2D eigenvalue weighted by molar-refractivity contribution is 7.92. The predicted molar refractivity (Wildman–Crippen MR) is 139 cm³/mol. The minimum Gasteiger partial charge on any atom is -0.497 e. The summed E-state index contributed by atoms with van der Waals surface area (Å²) in [5, 5.41) is 0.671. The molecule has 1 saturated heterocycles. The Morgan fingerprint density at radius 2 is 1.69 bits per heavy atom. The highest BCUT2D eigenvalue weighted by Crippen LogP contribution is 2.28. The van der Waals surface area contributed by atoms with Crippen LogP contribution in [0.25, 0.3) is 0 Å². The van der Waals surface area contributed by atoms with Crippen LogP contribution >= 0.6 is 11.6 Å². The highest BCUT2D eigenvalue weighted by atomic mass is 35.5. The van der Waals surface area contributed by atoms with Crippen LogP contribution in [0.5, 0.6) is 5.75 Å². The van der Waals surface area contributed by atoms with Crippen molar-refractivity contribution < 1.29 is 17.9 Å². The SMILES string of the molecule is COc1cccc(N(CC(=O)N2CCN(c3cc(Cl)ccc3C)CC2)S(=O)(=O)c2ccccc2)c1.